The summed E-state index contributed by atoms with van der Waals surface area (Å²) in [5, 5.41) is 25.5. The maximum absolute atomic E-state index is 9.63. The average Bonchev–Trinajstić information content (AvgIpc) is 2.70. The highest BCUT2D eigenvalue weighted by molar-refractivity contribution is 9.10. The van der Waals surface area contributed by atoms with Gasteiger partial charge in [-0.2, -0.15) is 0 Å². The van der Waals surface area contributed by atoms with Crippen LogP contribution >= 0.6 is 28.3 Å². The fraction of sp³-hybridized carbons (Fsp3) is 0.500. The maximum Gasteiger partial charge on any atom is 0.115 e. The summed E-state index contributed by atoms with van der Waals surface area (Å²) in [5.74, 6) is 0.540. The molecule has 1 aliphatic rings. The smallest absolute Gasteiger partial charge is 0.115 e. The fourth-order valence-electron chi connectivity index (χ4n) is 2.02. The second-order valence-corrected chi connectivity index (χ2v) is 5.25. The van der Waals surface area contributed by atoms with Crippen LogP contribution in [0.15, 0.2) is 22.7 Å². The molecule has 4 nitrogen and oxygen atoms in total. The molecular weight excluding hydrogens is 320 g/mol. The minimum Gasteiger partial charge on any atom is -0.508 e. The molecule has 1 aromatic rings. The van der Waals surface area contributed by atoms with Crippen molar-refractivity contribution in [2.75, 3.05) is 19.6 Å². The second kappa shape index (κ2) is 7.31. The number of aliphatic hydroxyl groups is 1. The molecule has 2 unspecified atom stereocenters. The summed E-state index contributed by atoms with van der Waals surface area (Å²) in [7, 11) is 0. The van der Waals surface area contributed by atoms with Crippen molar-refractivity contribution < 1.29 is 10.2 Å². The molecule has 0 radical (unpaired) electrons. The molecule has 18 heavy (non-hydrogen) atoms. The molecule has 0 saturated carbocycles. The summed E-state index contributed by atoms with van der Waals surface area (Å²) in [6.45, 7) is 2.99. The van der Waals surface area contributed by atoms with Crippen LogP contribution in [-0.4, -0.2) is 36.0 Å². The van der Waals surface area contributed by atoms with E-state index in [-0.39, 0.29) is 30.2 Å². The lowest BCUT2D eigenvalue weighted by Crippen LogP contribution is -2.30. The Bertz CT molecular complexity index is 392. The van der Waals surface area contributed by atoms with Gasteiger partial charge in [0.15, 0.2) is 0 Å². The van der Waals surface area contributed by atoms with Crippen LogP contribution in [0.1, 0.15) is 5.56 Å². The Hall–Kier alpha value is -0.330. The van der Waals surface area contributed by atoms with Crippen LogP contribution in [0.3, 0.4) is 0 Å². The summed E-state index contributed by atoms with van der Waals surface area (Å²) >= 11 is 3.44. The van der Waals surface area contributed by atoms with Crippen LogP contribution in [-0.2, 0) is 6.54 Å². The number of β-amino-alcohol motifs (C(OH)–C–C–N with tert-alkyl or cyclic N) is 1. The number of hydrogen-bond donors (Lipinski definition) is 4. The molecule has 0 amide bonds. The zero-order valence-corrected chi connectivity index (χ0v) is 12.3. The second-order valence-electron chi connectivity index (χ2n) is 4.39. The zero-order valence-electron chi connectivity index (χ0n) is 9.90. The van der Waals surface area contributed by atoms with Crippen LogP contribution in [0.4, 0.5) is 0 Å². The molecule has 0 spiro atoms. The third-order valence-corrected chi connectivity index (χ3v) is 3.83. The summed E-state index contributed by atoms with van der Waals surface area (Å²) in [6, 6.07) is 5.22. The van der Waals surface area contributed by atoms with E-state index in [1.807, 2.05) is 6.07 Å². The van der Waals surface area contributed by atoms with E-state index in [0.29, 0.717) is 13.1 Å². The lowest BCUT2D eigenvalue weighted by molar-refractivity contribution is 0.146. The van der Waals surface area contributed by atoms with Gasteiger partial charge in [-0.3, -0.25) is 0 Å². The molecule has 102 valence electrons. The summed E-state index contributed by atoms with van der Waals surface area (Å²) in [5.41, 5.74) is 1.02. The molecule has 1 aromatic carbocycles. The molecule has 1 aliphatic heterocycles. The predicted octanol–water partition coefficient (Wildman–Crippen LogP) is 1.25. The molecule has 4 N–H and O–H groups in total. The van der Waals surface area contributed by atoms with Gasteiger partial charge < -0.3 is 20.8 Å². The lowest BCUT2D eigenvalue weighted by Gasteiger charge is -2.14. The van der Waals surface area contributed by atoms with E-state index in [2.05, 4.69) is 26.6 Å². The molecule has 0 bridgehead atoms. The number of aliphatic hydroxyl groups excluding tert-OH is 1. The van der Waals surface area contributed by atoms with Crippen molar-refractivity contribution >= 4 is 28.3 Å². The first kappa shape index (κ1) is 15.7. The number of aromatic hydroxyl groups is 1. The van der Waals surface area contributed by atoms with Gasteiger partial charge in [-0.15, -0.1) is 12.4 Å². The van der Waals surface area contributed by atoms with E-state index in [9.17, 15) is 10.2 Å². The highest BCUT2D eigenvalue weighted by atomic mass is 79.9. The number of nitrogens with one attached hydrogen (secondary N) is 2. The molecule has 6 heteroatoms. The monoisotopic (exact) mass is 336 g/mol. The lowest BCUT2D eigenvalue weighted by atomic mass is 10.1. The van der Waals surface area contributed by atoms with Crippen molar-refractivity contribution in [3.05, 3.63) is 28.2 Å². The number of phenolic OH excluding ortho intramolecular Hbond substituents is 1. The van der Waals surface area contributed by atoms with Crippen molar-refractivity contribution in [1.82, 2.24) is 10.6 Å². The normalized spacial score (nSPS) is 22.8. The number of rotatable bonds is 4. The van der Waals surface area contributed by atoms with Crippen LogP contribution in [0.5, 0.6) is 5.75 Å². The van der Waals surface area contributed by atoms with Gasteiger partial charge in [-0.05, 0) is 23.8 Å². The Labute approximate surface area is 121 Å². The average molecular weight is 338 g/mol. The molecule has 0 aromatic heterocycles. The van der Waals surface area contributed by atoms with Gasteiger partial charge >= 0.3 is 0 Å². The number of benzene rings is 1. The van der Waals surface area contributed by atoms with Crippen molar-refractivity contribution in [2.45, 2.75) is 12.6 Å². The van der Waals surface area contributed by atoms with Gasteiger partial charge in [0.1, 0.15) is 5.75 Å². The Morgan fingerprint density at radius 3 is 2.83 bits per heavy atom. The van der Waals surface area contributed by atoms with E-state index in [4.69, 9.17) is 0 Å². The van der Waals surface area contributed by atoms with Gasteiger partial charge in [0, 0.05) is 36.6 Å². The van der Waals surface area contributed by atoms with Crippen molar-refractivity contribution in [3.8, 4) is 5.75 Å². The minimum absolute atomic E-state index is 0. The molecular formula is C12H18BrClN2O2. The van der Waals surface area contributed by atoms with E-state index >= 15 is 0 Å². The molecule has 1 heterocycles. The van der Waals surface area contributed by atoms with E-state index in [1.54, 1.807) is 12.1 Å². The topological polar surface area (TPSA) is 64.5 Å². The molecule has 2 atom stereocenters. The highest BCUT2D eigenvalue weighted by Gasteiger charge is 2.24. The molecule has 2 rings (SSSR count). The number of phenols is 1. The van der Waals surface area contributed by atoms with Crippen LogP contribution in [0.25, 0.3) is 0 Å². The minimum atomic E-state index is -0.255. The first-order valence-corrected chi connectivity index (χ1v) is 6.53. The van der Waals surface area contributed by atoms with Crippen LogP contribution in [0.2, 0.25) is 0 Å². The van der Waals surface area contributed by atoms with Gasteiger partial charge in [-0.25, -0.2) is 0 Å². The van der Waals surface area contributed by atoms with E-state index in [1.165, 1.54) is 0 Å². The predicted molar refractivity (Wildman–Crippen MR) is 77.1 cm³/mol. The van der Waals surface area contributed by atoms with Gasteiger partial charge in [0.05, 0.1) is 6.10 Å². The Kier molecular flexibility index (Phi) is 6.38. The molecule has 1 fully saturated rings. The maximum atomic E-state index is 9.63. The first-order valence-electron chi connectivity index (χ1n) is 5.73. The Balaban J connectivity index is 0.00000162. The molecule has 0 aliphatic carbocycles. The Morgan fingerprint density at radius 1 is 1.39 bits per heavy atom. The van der Waals surface area contributed by atoms with Crippen molar-refractivity contribution in [2.24, 2.45) is 5.92 Å². The largest absolute Gasteiger partial charge is 0.508 e. The number of hydrogen-bond acceptors (Lipinski definition) is 4. The van der Waals surface area contributed by atoms with Crippen molar-refractivity contribution in [1.29, 1.82) is 0 Å². The number of halogens is 2. The SMILES string of the molecule is Cl.Oc1ccc(Br)c(CNCC2CNCC2O)c1. The van der Waals surface area contributed by atoms with Crippen LogP contribution in [0, 0.1) is 5.92 Å². The van der Waals surface area contributed by atoms with Crippen LogP contribution < -0.4 is 10.6 Å². The third-order valence-electron chi connectivity index (χ3n) is 3.06. The van der Waals surface area contributed by atoms with Crippen molar-refractivity contribution in [3.63, 3.8) is 0 Å². The van der Waals surface area contributed by atoms with Gasteiger partial charge in [-0.1, -0.05) is 15.9 Å². The van der Waals surface area contributed by atoms with Gasteiger partial charge in [0.25, 0.3) is 0 Å². The quantitative estimate of drug-likeness (QED) is 0.668. The third kappa shape index (κ3) is 4.10. The Morgan fingerprint density at radius 2 is 2.17 bits per heavy atom. The zero-order chi connectivity index (χ0) is 12.3. The summed E-state index contributed by atoms with van der Waals surface area (Å²) in [4.78, 5) is 0. The summed E-state index contributed by atoms with van der Waals surface area (Å²) < 4.78 is 0.980. The molecule has 1 saturated heterocycles. The standard InChI is InChI=1S/C12H17BrN2O2.ClH/c13-11-2-1-10(16)3-8(11)4-14-5-9-6-15-7-12(9)17;/h1-3,9,12,14-17H,4-7H2;1H. The fourth-order valence-corrected chi connectivity index (χ4v) is 2.40. The first-order chi connectivity index (χ1) is 8.16. The summed E-state index contributed by atoms with van der Waals surface area (Å²) in [6.07, 6.45) is -0.255. The van der Waals surface area contributed by atoms with Gasteiger partial charge in [0.2, 0.25) is 0 Å². The highest BCUT2D eigenvalue weighted by Crippen LogP contribution is 2.21. The van der Waals surface area contributed by atoms with E-state index < -0.39 is 0 Å². The van der Waals surface area contributed by atoms with E-state index in [0.717, 1.165) is 23.1 Å².